The number of rotatable bonds is 5. The number of ether oxygens (including phenoxy) is 2. The highest BCUT2D eigenvalue weighted by Gasteiger charge is 2.43. The van der Waals surface area contributed by atoms with E-state index >= 15 is 0 Å². The Hall–Kier alpha value is -3.61. The number of amides is 1. The number of carbonyl (C=O) groups is 1. The van der Waals surface area contributed by atoms with Crippen molar-refractivity contribution in [3.05, 3.63) is 35.5 Å². The maximum atomic E-state index is 14.8. The fraction of sp³-hybridized carbons (Fsp3) is 0.458. The SMILES string of the molecule is CC(C)(C)OC(=O)N1CC2CCC1CN2c1ncc2ncnc(Nc3ccc(OC(F)F)c(Cl)c3F)c2n1. The number of piperidine rings is 2. The number of benzene rings is 1. The molecule has 3 aliphatic heterocycles. The Morgan fingerprint density at radius 1 is 1.16 bits per heavy atom. The summed E-state index contributed by atoms with van der Waals surface area (Å²) in [7, 11) is 0. The number of anilines is 3. The maximum Gasteiger partial charge on any atom is 0.410 e. The van der Waals surface area contributed by atoms with Gasteiger partial charge in [-0.3, -0.25) is 0 Å². The van der Waals surface area contributed by atoms with E-state index in [4.69, 9.17) is 16.3 Å². The van der Waals surface area contributed by atoms with Gasteiger partial charge in [-0.25, -0.2) is 29.1 Å². The summed E-state index contributed by atoms with van der Waals surface area (Å²) in [6.45, 7) is 3.37. The first-order valence-electron chi connectivity index (χ1n) is 11.9. The first-order valence-corrected chi connectivity index (χ1v) is 12.3. The molecule has 1 N–H and O–H groups in total. The zero-order valence-corrected chi connectivity index (χ0v) is 21.5. The van der Waals surface area contributed by atoms with E-state index in [0.29, 0.717) is 30.1 Å². The van der Waals surface area contributed by atoms with Crippen LogP contribution in [0.5, 0.6) is 5.75 Å². The first-order chi connectivity index (χ1) is 18.0. The molecule has 3 aliphatic rings. The van der Waals surface area contributed by atoms with Gasteiger partial charge in [0, 0.05) is 19.1 Å². The molecule has 6 rings (SSSR count). The van der Waals surface area contributed by atoms with Gasteiger partial charge in [-0.05, 0) is 45.7 Å². The van der Waals surface area contributed by atoms with Gasteiger partial charge in [0.25, 0.3) is 0 Å². The van der Waals surface area contributed by atoms with Crippen molar-refractivity contribution in [3.8, 4) is 5.75 Å². The summed E-state index contributed by atoms with van der Waals surface area (Å²) in [6, 6.07) is 2.28. The third-order valence-electron chi connectivity index (χ3n) is 6.30. The smallest absolute Gasteiger partial charge is 0.410 e. The monoisotopic (exact) mass is 551 g/mol. The Morgan fingerprint density at radius 3 is 2.61 bits per heavy atom. The molecule has 1 amide bonds. The van der Waals surface area contributed by atoms with E-state index < -0.39 is 28.8 Å². The molecule has 2 bridgehead atoms. The van der Waals surface area contributed by atoms with Crippen LogP contribution in [0, 0.1) is 5.82 Å². The number of piperazine rings is 1. The molecule has 5 heterocycles. The first kappa shape index (κ1) is 26.0. The van der Waals surface area contributed by atoms with Gasteiger partial charge in [0.1, 0.15) is 33.7 Å². The van der Waals surface area contributed by atoms with Crippen molar-refractivity contribution in [1.82, 2.24) is 24.8 Å². The third kappa shape index (κ3) is 5.19. The minimum atomic E-state index is -3.15. The van der Waals surface area contributed by atoms with E-state index in [-0.39, 0.29) is 29.7 Å². The van der Waals surface area contributed by atoms with Gasteiger partial charge in [0.05, 0.1) is 17.9 Å². The van der Waals surface area contributed by atoms with E-state index in [1.165, 1.54) is 12.4 Å². The topological polar surface area (TPSA) is 106 Å². The van der Waals surface area contributed by atoms with Crippen molar-refractivity contribution in [1.29, 1.82) is 0 Å². The number of aromatic nitrogens is 4. The highest BCUT2D eigenvalue weighted by Crippen LogP contribution is 2.36. The van der Waals surface area contributed by atoms with Crippen molar-refractivity contribution in [2.24, 2.45) is 0 Å². The number of hydrogen-bond donors (Lipinski definition) is 1. The minimum absolute atomic E-state index is 0.00959. The molecule has 2 aromatic heterocycles. The van der Waals surface area contributed by atoms with Crippen LogP contribution in [-0.2, 0) is 4.74 Å². The molecule has 1 aromatic carbocycles. The third-order valence-corrected chi connectivity index (χ3v) is 6.65. The molecule has 0 radical (unpaired) electrons. The lowest BCUT2D eigenvalue weighted by atomic mass is 9.91. The lowest BCUT2D eigenvalue weighted by Gasteiger charge is -2.51. The highest BCUT2D eigenvalue weighted by molar-refractivity contribution is 6.32. The number of nitrogens with one attached hydrogen (secondary N) is 1. The normalized spacial score (nSPS) is 19.3. The second-order valence-electron chi connectivity index (χ2n) is 10.0. The van der Waals surface area contributed by atoms with E-state index in [9.17, 15) is 18.0 Å². The lowest BCUT2D eigenvalue weighted by molar-refractivity contribution is -0.0499. The summed E-state index contributed by atoms with van der Waals surface area (Å²) < 4.78 is 49.7. The molecule has 38 heavy (non-hydrogen) atoms. The van der Waals surface area contributed by atoms with Crippen LogP contribution in [0.1, 0.15) is 33.6 Å². The van der Waals surface area contributed by atoms with Crippen molar-refractivity contribution in [3.63, 3.8) is 0 Å². The summed E-state index contributed by atoms with van der Waals surface area (Å²) in [5.41, 5.74) is 0.0410. The molecule has 0 saturated carbocycles. The molecule has 2 atom stereocenters. The van der Waals surface area contributed by atoms with Gasteiger partial charge < -0.3 is 24.6 Å². The number of hydrogen-bond acceptors (Lipinski definition) is 9. The fourth-order valence-corrected chi connectivity index (χ4v) is 4.84. The Labute approximate surface area is 221 Å². The van der Waals surface area contributed by atoms with Crippen LogP contribution in [0.3, 0.4) is 0 Å². The predicted molar refractivity (Wildman–Crippen MR) is 134 cm³/mol. The zero-order chi connectivity index (χ0) is 27.2. The van der Waals surface area contributed by atoms with Crippen LogP contribution in [0.25, 0.3) is 11.0 Å². The Kier molecular flexibility index (Phi) is 6.80. The molecule has 2 unspecified atom stereocenters. The quantitative estimate of drug-likeness (QED) is 0.461. The molecule has 0 spiro atoms. The number of alkyl halides is 2. The average Bonchev–Trinajstić information content (AvgIpc) is 2.87. The van der Waals surface area contributed by atoms with Crippen molar-refractivity contribution >= 4 is 46.2 Å². The largest absolute Gasteiger partial charge is 0.444 e. The lowest BCUT2D eigenvalue weighted by Crippen LogP contribution is -2.64. The second-order valence-corrected chi connectivity index (χ2v) is 10.4. The molecular formula is C24H25ClF3N7O3. The van der Waals surface area contributed by atoms with E-state index in [2.05, 4.69) is 30.0 Å². The van der Waals surface area contributed by atoms with Gasteiger partial charge in [-0.1, -0.05) is 11.6 Å². The fourth-order valence-electron chi connectivity index (χ4n) is 4.64. The van der Waals surface area contributed by atoms with E-state index in [1.54, 1.807) is 11.1 Å². The van der Waals surface area contributed by atoms with Gasteiger partial charge in [0.2, 0.25) is 5.95 Å². The van der Waals surface area contributed by atoms with E-state index in [0.717, 1.165) is 18.9 Å². The summed E-state index contributed by atoms with van der Waals surface area (Å²) in [4.78, 5) is 34.0. The van der Waals surface area contributed by atoms with Gasteiger partial charge in [0.15, 0.2) is 11.6 Å². The second kappa shape index (κ2) is 9.93. The summed E-state index contributed by atoms with van der Waals surface area (Å²) >= 11 is 5.88. The van der Waals surface area contributed by atoms with Crippen molar-refractivity contribution in [2.75, 3.05) is 23.3 Å². The van der Waals surface area contributed by atoms with Crippen LogP contribution in [0.15, 0.2) is 24.7 Å². The summed E-state index contributed by atoms with van der Waals surface area (Å²) in [5.74, 6) is -0.870. The van der Waals surface area contributed by atoms with Crippen molar-refractivity contribution < 1.29 is 27.4 Å². The number of carbonyl (C=O) groups excluding carboxylic acids is 1. The molecule has 3 aromatic rings. The molecule has 202 valence electrons. The molecule has 3 fully saturated rings. The molecule has 14 heteroatoms. The highest BCUT2D eigenvalue weighted by atomic mass is 35.5. The maximum absolute atomic E-state index is 14.8. The van der Waals surface area contributed by atoms with Gasteiger partial charge >= 0.3 is 12.7 Å². The number of nitrogens with zero attached hydrogens (tertiary/aromatic N) is 6. The predicted octanol–water partition coefficient (Wildman–Crippen LogP) is 5.15. The van der Waals surface area contributed by atoms with Crippen LogP contribution >= 0.6 is 11.6 Å². The molecule has 3 saturated heterocycles. The van der Waals surface area contributed by atoms with E-state index in [1.807, 2.05) is 25.7 Å². The standard InChI is InChI=1S/C24H25ClF3N7O3/c1-24(2,3)38-23(36)35-10-12-4-5-13(35)9-34(12)22-29-8-15-19(33-22)20(31-11-30-15)32-14-6-7-16(37-21(27)28)17(25)18(14)26/h6-8,11-13,21H,4-5,9-10H2,1-3H3,(H,30,31,32). The Balaban J connectivity index is 1.40. The zero-order valence-electron chi connectivity index (χ0n) is 20.8. The number of fused-ring (bicyclic) bond motifs is 4. The summed E-state index contributed by atoms with van der Waals surface area (Å²) in [6.07, 6.45) is 4.18. The molecular weight excluding hydrogens is 527 g/mol. The summed E-state index contributed by atoms with van der Waals surface area (Å²) in [5, 5.41) is 2.22. The van der Waals surface area contributed by atoms with Gasteiger partial charge in [-0.15, -0.1) is 0 Å². The van der Waals surface area contributed by atoms with Crippen molar-refractivity contribution in [2.45, 2.75) is 57.9 Å². The van der Waals surface area contributed by atoms with Gasteiger partial charge in [-0.2, -0.15) is 8.78 Å². The Morgan fingerprint density at radius 2 is 1.92 bits per heavy atom. The van der Waals surface area contributed by atoms with Crippen LogP contribution < -0.4 is 15.0 Å². The van der Waals surface area contributed by atoms with Crippen LogP contribution in [0.4, 0.5) is 35.4 Å². The van der Waals surface area contributed by atoms with Crippen LogP contribution in [0.2, 0.25) is 5.02 Å². The Bertz CT molecular complexity index is 1370. The average molecular weight is 552 g/mol. The number of halogens is 4. The van der Waals surface area contributed by atoms with Crippen LogP contribution in [-0.4, -0.2) is 68.3 Å². The molecule has 10 nitrogen and oxygen atoms in total. The molecule has 0 aliphatic carbocycles. The minimum Gasteiger partial charge on any atom is -0.444 e.